The number of hydrogen-bond donors (Lipinski definition) is 1. The van der Waals surface area contributed by atoms with E-state index in [2.05, 4.69) is 50.8 Å². The van der Waals surface area contributed by atoms with Crippen LogP contribution in [0.25, 0.3) is 0 Å². The van der Waals surface area contributed by atoms with Crippen molar-refractivity contribution in [3.8, 4) is 0 Å². The molecule has 1 rings (SSSR count). The van der Waals surface area contributed by atoms with Gasteiger partial charge in [-0.2, -0.15) is 0 Å². The predicted octanol–water partition coefficient (Wildman–Crippen LogP) is 2.65. The zero-order valence-corrected chi connectivity index (χ0v) is 11.0. The molecule has 0 saturated carbocycles. The Morgan fingerprint density at radius 2 is 1.75 bits per heavy atom. The maximum absolute atomic E-state index is 5.90. The number of nitrogens with two attached hydrogens (primary N) is 1. The SMILES string of the molecule is CCN(CC)[C@H](CN)c1ccc(C)c(C)c1. The fraction of sp³-hybridized carbons (Fsp3) is 0.571. The molecule has 2 nitrogen and oxygen atoms in total. The quantitative estimate of drug-likeness (QED) is 0.826. The number of likely N-dealkylation sites (N-methyl/N-ethyl adjacent to an activating group) is 1. The van der Waals surface area contributed by atoms with Crippen LogP contribution in [0.5, 0.6) is 0 Å². The van der Waals surface area contributed by atoms with E-state index < -0.39 is 0 Å². The fourth-order valence-corrected chi connectivity index (χ4v) is 2.13. The molecule has 1 atom stereocenters. The Hall–Kier alpha value is -0.860. The third-order valence-electron chi connectivity index (χ3n) is 3.39. The summed E-state index contributed by atoms with van der Waals surface area (Å²) in [7, 11) is 0. The number of hydrogen-bond acceptors (Lipinski definition) is 2. The molecule has 1 aromatic carbocycles. The average Bonchev–Trinajstić information content (AvgIpc) is 2.29. The van der Waals surface area contributed by atoms with Crippen LogP contribution in [-0.2, 0) is 0 Å². The maximum Gasteiger partial charge on any atom is 0.0470 e. The fourth-order valence-electron chi connectivity index (χ4n) is 2.13. The van der Waals surface area contributed by atoms with Crippen molar-refractivity contribution in [3.63, 3.8) is 0 Å². The van der Waals surface area contributed by atoms with Crippen LogP contribution in [0, 0.1) is 13.8 Å². The molecule has 2 heteroatoms. The van der Waals surface area contributed by atoms with Gasteiger partial charge in [-0.25, -0.2) is 0 Å². The minimum Gasteiger partial charge on any atom is -0.329 e. The lowest BCUT2D eigenvalue weighted by molar-refractivity contribution is 0.224. The van der Waals surface area contributed by atoms with Crippen molar-refractivity contribution in [1.82, 2.24) is 4.90 Å². The minimum absolute atomic E-state index is 0.356. The smallest absolute Gasteiger partial charge is 0.0470 e. The molecule has 0 unspecified atom stereocenters. The predicted molar refractivity (Wildman–Crippen MR) is 70.6 cm³/mol. The molecule has 0 radical (unpaired) electrons. The topological polar surface area (TPSA) is 29.3 Å². The summed E-state index contributed by atoms with van der Waals surface area (Å²) in [6.07, 6.45) is 0. The highest BCUT2D eigenvalue weighted by atomic mass is 15.2. The molecule has 0 aliphatic carbocycles. The van der Waals surface area contributed by atoms with Gasteiger partial charge in [0.15, 0.2) is 0 Å². The standard InChI is InChI=1S/C14H24N2/c1-5-16(6-2)14(10-15)13-8-7-11(3)12(4)9-13/h7-9,14H,5-6,10,15H2,1-4H3/t14-/m1/s1. The molecule has 0 bridgehead atoms. The van der Waals surface area contributed by atoms with Gasteiger partial charge in [-0.15, -0.1) is 0 Å². The highest BCUT2D eigenvalue weighted by Gasteiger charge is 2.16. The zero-order chi connectivity index (χ0) is 12.1. The number of nitrogens with zero attached hydrogens (tertiary/aromatic N) is 1. The summed E-state index contributed by atoms with van der Waals surface area (Å²) in [4.78, 5) is 2.41. The van der Waals surface area contributed by atoms with Crippen LogP contribution in [0.4, 0.5) is 0 Å². The molecule has 0 aromatic heterocycles. The molecular formula is C14H24N2. The van der Waals surface area contributed by atoms with E-state index >= 15 is 0 Å². The Balaban J connectivity index is 2.98. The van der Waals surface area contributed by atoms with Gasteiger partial charge in [-0.05, 0) is 43.6 Å². The number of aryl methyl sites for hydroxylation is 2. The van der Waals surface area contributed by atoms with Gasteiger partial charge < -0.3 is 5.73 Å². The van der Waals surface area contributed by atoms with E-state index in [4.69, 9.17) is 5.73 Å². The molecule has 1 aromatic rings. The normalized spacial score (nSPS) is 13.1. The molecule has 0 aliphatic heterocycles. The summed E-state index contributed by atoms with van der Waals surface area (Å²) in [5, 5.41) is 0. The highest BCUT2D eigenvalue weighted by molar-refractivity contribution is 5.31. The second kappa shape index (κ2) is 6.02. The monoisotopic (exact) mass is 220 g/mol. The lowest BCUT2D eigenvalue weighted by Gasteiger charge is -2.29. The van der Waals surface area contributed by atoms with E-state index in [9.17, 15) is 0 Å². The van der Waals surface area contributed by atoms with Gasteiger partial charge in [-0.1, -0.05) is 32.0 Å². The van der Waals surface area contributed by atoms with Crippen LogP contribution in [0.3, 0.4) is 0 Å². The summed E-state index contributed by atoms with van der Waals surface area (Å²) in [6.45, 7) is 11.5. The van der Waals surface area contributed by atoms with Crippen molar-refractivity contribution in [2.75, 3.05) is 19.6 Å². The van der Waals surface area contributed by atoms with Gasteiger partial charge in [0.05, 0.1) is 0 Å². The summed E-state index contributed by atoms with van der Waals surface area (Å²) in [6, 6.07) is 7.02. The second-order valence-electron chi connectivity index (χ2n) is 4.32. The van der Waals surface area contributed by atoms with Crippen LogP contribution in [0.2, 0.25) is 0 Å². The summed E-state index contributed by atoms with van der Waals surface area (Å²) in [5.41, 5.74) is 9.94. The number of rotatable bonds is 5. The first-order chi connectivity index (χ1) is 7.63. The van der Waals surface area contributed by atoms with E-state index in [1.54, 1.807) is 0 Å². The molecule has 0 aliphatic rings. The van der Waals surface area contributed by atoms with Gasteiger partial charge in [0.25, 0.3) is 0 Å². The van der Waals surface area contributed by atoms with Crippen molar-refractivity contribution < 1.29 is 0 Å². The van der Waals surface area contributed by atoms with Crippen molar-refractivity contribution in [3.05, 3.63) is 34.9 Å². The first-order valence-electron chi connectivity index (χ1n) is 6.15. The van der Waals surface area contributed by atoms with E-state index in [0.717, 1.165) is 13.1 Å². The van der Waals surface area contributed by atoms with Crippen LogP contribution < -0.4 is 5.73 Å². The number of benzene rings is 1. The minimum atomic E-state index is 0.356. The highest BCUT2D eigenvalue weighted by Crippen LogP contribution is 2.21. The van der Waals surface area contributed by atoms with E-state index in [0.29, 0.717) is 12.6 Å². The van der Waals surface area contributed by atoms with Gasteiger partial charge in [0.2, 0.25) is 0 Å². The van der Waals surface area contributed by atoms with Crippen molar-refractivity contribution >= 4 is 0 Å². The average molecular weight is 220 g/mol. The molecule has 0 amide bonds. The molecule has 0 saturated heterocycles. The lowest BCUT2D eigenvalue weighted by atomic mass is 10.00. The van der Waals surface area contributed by atoms with Crippen LogP contribution in [-0.4, -0.2) is 24.5 Å². The lowest BCUT2D eigenvalue weighted by Crippen LogP contribution is -2.33. The zero-order valence-electron chi connectivity index (χ0n) is 11.0. The van der Waals surface area contributed by atoms with Crippen LogP contribution in [0.1, 0.15) is 36.6 Å². The Morgan fingerprint density at radius 3 is 2.19 bits per heavy atom. The Bertz CT molecular complexity index is 330. The largest absolute Gasteiger partial charge is 0.329 e. The van der Waals surface area contributed by atoms with Gasteiger partial charge in [0.1, 0.15) is 0 Å². The summed E-state index contributed by atoms with van der Waals surface area (Å²) < 4.78 is 0. The van der Waals surface area contributed by atoms with Gasteiger partial charge >= 0.3 is 0 Å². The van der Waals surface area contributed by atoms with Crippen LogP contribution >= 0.6 is 0 Å². The van der Waals surface area contributed by atoms with E-state index in [-0.39, 0.29) is 0 Å². The molecular weight excluding hydrogens is 196 g/mol. The molecule has 0 spiro atoms. The van der Waals surface area contributed by atoms with Crippen molar-refractivity contribution in [2.24, 2.45) is 5.73 Å². The third kappa shape index (κ3) is 2.83. The second-order valence-corrected chi connectivity index (χ2v) is 4.32. The summed E-state index contributed by atoms with van der Waals surface area (Å²) in [5.74, 6) is 0. The molecule has 16 heavy (non-hydrogen) atoms. The van der Waals surface area contributed by atoms with Crippen LogP contribution in [0.15, 0.2) is 18.2 Å². The Kier molecular flexibility index (Phi) is 4.97. The molecule has 90 valence electrons. The first kappa shape index (κ1) is 13.2. The van der Waals surface area contributed by atoms with Gasteiger partial charge in [-0.3, -0.25) is 4.90 Å². The van der Waals surface area contributed by atoms with Crippen molar-refractivity contribution in [2.45, 2.75) is 33.7 Å². The summed E-state index contributed by atoms with van der Waals surface area (Å²) >= 11 is 0. The first-order valence-corrected chi connectivity index (χ1v) is 6.15. The Labute approximate surface area is 99.5 Å². The van der Waals surface area contributed by atoms with E-state index in [1.165, 1.54) is 16.7 Å². The molecule has 2 N–H and O–H groups in total. The van der Waals surface area contributed by atoms with Crippen molar-refractivity contribution in [1.29, 1.82) is 0 Å². The molecule has 0 fully saturated rings. The maximum atomic E-state index is 5.90. The van der Waals surface area contributed by atoms with Gasteiger partial charge in [0, 0.05) is 12.6 Å². The van der Waals surface area contributed by atoms with E-state index in [1.807, 2.05) is 0 Å². The third-order valence-corrected chi connectivity index (χ3v) is 3.39. The molecule has 0 heterocycles. The Morgan fingerprint density at radius 1 is 1.12 bits per heavy atom.